The molecule has 2 aromatic carbocycles. The number of benzene rings is 2. The standard InChI is InChI=1S/C18H14ClNO2S/c1-12-6-2-3-7-13(12)10-16-17(21)20(18(22)23-16)11-14-8-4-5-9-15(14)19/h2-10H,11H2,1H3/b16-10+. The van der Waals surface area contributed by atoms with Gasteiger partial charge in [0.1, 0.15) is 0 Å². The van der Waals surface area contributed by atoms with Gasteiger partial charge in [-0.15, -0.1) is 0 Å². The first kappa shape index (κ1) is 15.8. The van der Waals surface area contributed by atoms with Gasteiger partial charge in [-0.05, 0) is 47.5 Å². The van der Waals surface area contributed by atoms with E-state index >= 15 is 0 Å². The quantitative estimate of drug-likeness (QED) is 0.745. The van der Waals surface area contributed by atoms with Crippen molar-refractivity contribution in [2.75, 3.05) is 0 Å². The van der Waals surface area contributed by atoms with E-state index < -0.39 is 0 Å². The number of hydrogen-bond acceptors (Lipinski definition) is 3. The molecule has 3 rings (SSSR count). The Hall–Kier alpha value is -2.04. The summed E-state index contributed by atoms with van der Waals surface area (Å²) in [6.07, 6.45) is 1.77. The highest BCUT2D eigenvalue weighted by Gasteiger charge is 2.35. The summed E-state index contributed by atoms with van der Waals surface area (Å²) in [5, 5.41) is 0.282. The van der Waals surface area contributed by atoms with E-state index in [0.29, 0.717) is 9.93 Å². The summed E-state index contributed by atoms with van der Waals surface area (Å²) in [6, 6.07) is 15.0. The second kappa shape index (κ2) is 6.60. The Morgan fingerprint density at radius 1 is 1.09 bits per heavy atom. The van der Waals surface area contributed by atoms with E-state index in [1.165, 1.54) is 4.90 Å². The van der Waals surface area contributed by atoms with E-state index in [-0.39, 0.29) is 17.7 Å². The van der Waals surface area contributed by atoms with Crippen molar-refractivity contribution >= 4 is 40.6 Å². The van der Waals surface area contributed by atoms with E-state index in [1.54, 1.807) is 12.1 Å². The normalized spacial score (nSPS) is 16.4. The van der Waals surface area contributed by atoms with Gasteiger partial charge in [0.15, 0.2) is 0 Å². The largest absolute Gasteiger partial charge is 0.293 e. The van der Waals surface area contributed by atoms with Crippen LogP contribution in [0.25, 0.3) is 6.08 Å². The van der Waals surface area contributed by atoms with E-state index in [2.05, 4.69) is 0 Å². The predicted octanol–water partition coefficient (Wildman–Crippen LogP) is 4.88. The molecular formula is C18H14ClNO2S. The number of amides is 2. The third-order valence-electron chi connectivity index (χ3n) is 3.63. The molecule has 0 bridgehead atoms. The molecule has 0 unspecified atom stereocenters. The zero-order valence-corrected chi connectivity index (χ0v) is 14.0. The summed E-state index contributed by atoms with van der Waals surface area (Å²) >= 11 is 7.08. The van der Waals surface area contributed by atoms with E-state index in [4.69, 9.17) is 11.6 Å². The second-order valence-corrected chi connectivity index (χ2v) is 6.62. The number of carbonyl (C=O) groups is 2. The fraction of sp³-hybridized carbons (Fsp3) is 0.111. The minimum atomic E-state index is -0.275. The first-order chi connectivity index (χ1) is 11.1. The Balaban J connectivity index is 1.86. The van der Waals surface area contributed by atoms with Crippen molar-refractivity contribution in [1.29, 1.82) is 0 Å². The first-order valence-electron chi connectivity index (χ1n) is 7.10. The highest BCUT2D eigenvalue weighted by Crippen LogP contribution is 2.34. The Kier molecular flexibility index (Phi) is 4.55. The maximum Gasteiger partial charge on any atom is 0.293 e. The van der Waals surface area contributed by atoms with Crippen LogP contribution in [0.15, 0.2) is 53.4 Å². The molecule has 1 heterocycles. The van der Waals surface area contributed by atoms with Crippen LogP contribution in [-0.2, 0) is 11.3 Å². The summed E-state index contributed by atoms with van der Waals surface area (Å²) in [6.45, 7) is 2.16. The van der Waals surface area contributed by atoms with Crippen molar-refractivity contribution in [2.24, 2.45) is 0 Å². The zero-order chi connectivity index (χ0) is 16.4. The molecule has 116 valence electrons. The number of rotatable bonds is 3. The molecule has 0 radical (unpaired) electrons. The van der Waals surface area contributed by atoms with Gasteiger partial charge in [0, 0.05) is 5.02 Å². The van der Waals surface area contributed by atoms with Gasteiger partial charge < -0.3 is 0 Å². The average Bonchev–Trinajstić information content (AvgIpc) is 2.79. The predicted molar refractivity (Wildman–Crippen MR) is 94.1 cm³/mol. The van der Waals surface area contributed by atoms with E-state index in [9.17, 15) is 9.59 Å². The van der Waals surface area contributed by atoms with Gasteiger partial charge >= 0.3 is 0 Å². The highest BCUT2D eigenvalue weighted by molar-refractivity contribution is 8.18. The van der Waals surface area contributed by atoms with E-state index in [1.807, 2.05) is 49.4 Å². The molecule has 0 N–H and O–H groups in total. The molecule has 1 saturated heterocycles. The van der Waals surface area contributed by atoms with Crippen LogP contribution in [0.3, 0.4) is 0 Å². The molecule has 23 heavy (non-hydrogen) atoms. The van der Waals surface area contributed by atoms with Crippen LogP contribution in [0, 0.1) is 6.92 Å². The average molecular weight is 344 g/mol. The second-order valence-electron chi connectivity index (χ2n) is 5.22. The molecule has 0 aromatic heterocycles. The van der Waals surface area contributed by atoms with Crippen LogP contribution in [0.5, 0.6) is 0 Å². The zero-order valence-electron chi connectivity index (χ0n) is 12.5. The molecule has 1 aliphatic rings. The molecule has 3 nitrogen and oxygen atoms in total. The topological polar surface area (TPSA) is 37.4 Å². The van der Waals surface area contributed by atoms with Crippen LogP contribution in [0.1, 0.15) is 16.7 Å². The van der Waals surface area contributed by atoms with Gasteiger partial charge in [0.05, 0.1) is 11.4 Å². The van der Waals surface area contributed by atoms with Crippen LogP contribution in [0.4, 0.5) is 4.79 Å². The molecule has 1 fully saturated rings. The minimum Gasteiger partial charge on any atom is -0.268 e. The number of nitrogens with zero attached hydrogens (tertiary/aromatic N) is 1. The Bertz CT molecular complexity index is 816. The molecule has 0 atom stereocenters. The third kappa shape index (κ3) is 3.33. The van der Waals surface area contributed by atoms with Crippen molar-refractivity contribution in [2.45, 2.75) is 13.5 Å². The van der Waals surface area contributed by atoms with Gasteiger partial charge in [0.25, 0.3) is 11.1 Å². The maximum atomic E-state index is 12.5. The number of aryl methyl sites for hydroxylation is 1. The lowest BCUT2D eigenvalue weighted by Gasteiger charge is -2.13. The lowest BCUT2D eigenvalue weighted by atomic mass is 10.1. The van der Waals surface area contributed by atoms with E-state index in [0.717, 1.165) is 28.5 Å². The third-order valence-corrected chi connectivity index (χ3v) is 4.91. The van der Waals surface area contributed by atoms with Gasteiger partial charge in [-0.3, -0.25) is 14.5 Å². The molecule has 0 spiro atoms. The molecule has 0 aliphatic carbocycles. The number of thioether (sulfide) groups is 1. The number of halogens is 1. The summed E-state index contributed by atoms with van der Waals surface area (Å²) in [5.74, 6) is -0.275. The Labute approximate surface area is 143 Å². The maximum absolute atomic E-state index is 12.5. The van der Waals surface area contributed by atoms with Gasteiger partial charge in [-0.2, -0.15) is 0 Å². The molecule has 0 saturated carbocycles. The van der Waals surface area contributed by atoms with Gasteiger partial charge in [-0.1, -0.05) is 54.1 Å². The fourth-order valence-corrected chi connectivity index (χ4v) is 3.35. The lowest BCUT2D eigenvalue weighted by Crippen LogP contribution is -2.27. The number of hydrogen-bond donors (Lipinski definition) is 0. The summed E-state index contributed by atoms with van der Waals surface area (Å²) in [5.41, 5.74) is 2.76. The van der Waals surface area contributed by atoms with Crippen molar-refractivity contribution in [3.63, 3.8) is 0 Å². The van der Waals surface area contributed by atoms with Crippen molar-refractivity contribution in [3.8, 4) is 0 Å². The summed E-state index contributed by atoms with van der Waals surface area (Å²) in [4.78, 5) is 26.4. The number of carbonyl (C=O) groups excluding carboxylic acids is 2. The lowest BCUT2D eigenvalue weighted by molar-refractivity contribution is -0.123. The minimum absolute atomic E-state index is 0.190. The smallest absolute Gasteiger partial charge is 0.268 e. The Morgan fingerprint density at radius 2 is 1.78 bits per heavy atom. The molecule has 2 aromatic rings. The highest BCUT2D eigenvalue weighted by atomic mass is 35.5. The fourth-order valence-electron chi connectivity index (χ4n) is 2.32. The summed E-state index contributed by atoms with van der Waals surface area (Å²) in [7, 11) is 0. The Morgan fingerprint density at radius 3 is 2.52 bits per heavy atom. The van der Waals surface area contributed by atoms with Crippen molar-refractivity contribution < 1.29 is 9.59 Å². The van der Waals surface area contributed by atoms with Crippen LogP contribution in [-0.4, -0.2) is 16.0 Å². The molecular weight excluding hydrogens is 330 g/mol. The van der Waals surface area contributed by atoms with Gasteiger partial charge in [0.2, 0.25) is 0 Å². The number of imide groups is 1. The van der Waals surface area contributed by atoms with Crippen LogP contribution in [0.2, 0.25) is 5.02 Å². The molecule has 2 amide bonds. The van der Waals surface area contributed by atoms with Crippen LogP contribution < -0.4 is 0 Å². The van der Waals surface area contributed by atoms with Gasteiger partial charge in [-0.25, -0.2) is 0 Å². The SMILES string of the molecule is Cc1ccccc1/C=C1/SC(=O)N(Cc2ccccc2Cl)C1=O. The van der Waals surface area contributed by atoms with Crippen molar-refractivity contribution in [3.05, 3.63) is 75.1 Å². The van der Waals surface area contributed by atoms with Crippen molar-refractivity contribution in [1.82, 2.24) is 4.90 Å². The monoisotopic (exact) mass is 343 g/mol. The molecule has 1 aliphatic heterocycles. The first-order valence-corrected chi connectivity index (χ1v) is 8.30. The molecule has 5 heteroatoms. The van der Waals surface area contributed by atoms with Crippen LogP contribution >= 0.6 is 23.4 Å². The summed E-state index contributed by atoms with van der Waals surface area (Å²) < 4.78 is 0.